The van der Waals surface area contributed by atoms with Crippen molar-refractivity contribution in [1.82, 2.24) is 0 Å². The summed E-state index contributed by atoms with van der Waals surface area (Å²) in [6, 6.07) is 6.06. The van der Waals surface area contributed by atoms with Gasteiger partial charge in [0.25, 0.3) is 0 Å². The number of hydrogen-bond donors (Lipinski definition) is 4. The van der Waals surface area contributed by atoms with Gasteiger partial charge in [-0.2, -0.15) is 11.8 Å². The van der Waals surface area contributed by atoms with E-state index in [1.54, 1.807) is 12.1 Å². The Labute approximate surface area is 170 Å². The molecule has 0 radical (unpaired) electrons. The average molecular weight is 415 g/mol. The van der Waals surface area contributed by atoms with Gasteiger partial charge in [-0.15, -0.1) is 0 Å². The van der Waals surface area contributed by atoms with Crippen LogP contribution >= 0.6 is 11.8 Å². The maximum atomic E-state index is 13.0. The fraction of sp³-hybridized carbons (Fsp3) is 0.667. The molecule has 0 aliphatic heterocycles. The second-order valence-corrected chi connectivity index (χ2v) is 8.87. The quantitative estimate of drug-likeness (QED) is 0.393. The van der Waals surface area contributed by atoms with E-state index in [1.807, 2.05) is 0 Å². The van der Waals surface area contributed by atoms with Crippen LogP contribution in [-0.2, 0) is 11.2 Å². The summed E-state index contributed by atoms with van der Waals surface area (Å²) < 4.78 is 13.0. The van der Waals surface area contributed by atoms with Crippen LogP contribution in [0.15, 0.2) is 24.3 Å². The maximum Gasteiger partial charge on any atom is 0.303 e. The number of carboxylic acids is 1. The minimum atomic E-state index is -0.773. The Morgan fingerprint density at radius 3 is 2.46 bits per heavy atom. The van der Waals surface area contributed by atoms with E-state index in [9.17, 15) is 24.5 Å². The van der Waals surface area contributed by atoms with Gasteiger partial charge in [0.2, 0.25) is 0 Å². The van der Waals surface area contributed by atoms with Gasteiger partial charge in [-0.25, -0.2) is 4.39 Å². The first-order valence-electron chi connectivity index (χ1n) is 9.99. The lowest BCUT2D eigenvalue weighted by Gasteiger charge is -2.24. The van der Waals surface area contributed by atoms with Crippen molar-refractivity contribution < 1.29 is 29.6 Å². The van der Waals surface area contributed by atoms with Gasteiger partial charge in [0, 0.05) is 23.8 Å². The van der Waals surface area contributed by atoms with Crippen molar-refractivity contribution in [3.8, 4) is 0 Å². The maximum absolute atomic E-state index is 13.0. The highest BCUT2D eigenvalue weighted by Crippen LogP contribution is 2.39. The molecule has 28 heavy (non-hydrogen) atoms. The largest absolute Gasteiger partial charge is 0.481 e. The van der Waals surface area contributed by atoms with Crippen LogP contribution in [0, 0.1) is 11.7 Å². The minimum absolute atomic E-state index is 0.0162. The third-order valence-electron chi connectivity index (χ3n) is 5.32. The number of carbonyl (C=O) groups is 1. The number of aliphatic carboxylic acids is 1. The minimum Gasteiger partial charge on any atom is -0.481 e. The van der Waals surface area contributed by atoms with Crippen molar-refractivity contribution in [2.45, 2.75) is 74.9 Å². The molecule has 0 spiro atoms. The summed E-state index contributed by atoms with van der Waals surface area (Å²) >= 11 is 1.49. The molecule has 7 heteroatoms. The topological polar surface area (TPSA) is 98.0 Å². The first-order valence-corrected chi connectivity index (χ1v) is 11.0. The Morgan fingerprint density at radius 1 is 1.11 bits per heavy atom. The van der Waals surface area contributed by atoms with E-state index in [2.05, 4.69) is 0 Å². The van der Waals surface area contributed by atoms with Gasteiger partial charge in [0.1, 0.15) is 5.82 Å². The Hall–Kier alpha value is -1.15. The molecule has 2 rings (SSSR count). The molecule has 1 fully saturated rings. The lowest BCUT2D eigenvalue weighted by molar-refractivity contribution is -0.137. The lowest BCUT2D eigenvalue weighted by atomic mass is 9.97. The normalized spacial score (nSPS) is 25.7. The molecule has 5 atom stereocenters. The van der Waals surface area contributed by atoms with Gasteiger partial charge in [-0.1, -0.05) is 31.4 Å². The molecule has 1 aromatic carbocycles. The lowest BCUT2D eigenvalue weighted by Crippen LogP contribution is -2.27. The number of hydrogen-bond acceptors (Lipinski definition) is 5. The Kier molecular flexibility index (Phi) is 9.71. The molecule has 1 aliphatic rings. The number of benzene rings is 1. The van der Waals surface area contributed by atoms with E-state index in [1.165, 1.54) is 23.9 Å². The number of aliphatic hydroxyl groups is 3. The molecule has 5 nitrogen and oxygen atoms in total. The number of aliphatic hydroxyl groups excluding tert-OH is 3. The average Bonchev–Trinajstić information content (AvgIpc) is 2.91. The fourth-order valence-corrected chi connectivity index (χ4v) is 5.30. The highest BCUT2D eigenvalue weighted by molar-refractivity contribution is 8.00. The Morgan fingerprint density at radius 2 is 1.79 bits per heavy atom. The molecule has 3 unspecified atom stereocenters. The molecule has 1 saturated carbocycles. The predicted molar refractivity (Wildman–Crippen MR) is 108 cm³/mol. The van der Waals surface area contributed by atoms with Crippen molar-refractivity contribution in [3.05, 3.63) is 35.6 Å². The number of halogens is 1. The summed E-state index contributed by atoms with van der Waals surface area (Å²) in [7, 11) is 0. The molecule has 0 bridgehead atoms. The van der Waals surface area contributed by atoms with Crippen LogP contribution in [0.1, 0.15) is 50.5 Å². The molecule has 0 heterocycles. The molecule has 1 aromatic rings. The van der Waals surface area contributed by atoms with Crippen molar-refractivity contribution >= 4 is 17.7 Å². The highest BCUT2D eigenvalue weighted by Gasteiger charge is 2.41. The van der Waals surface area contributed by atoms with Crippen molar-refractivity contribution in [1.29, 1.82) is 0 Å². The van der Waals surface area contributed by atoms with Crippen LogP contribution in [0.4, 0.5) is 4.39 Å². The van der Waals surface area contributed by atoms with Gasteiger partial charge in [0.05, 0.1) is 18.3 Å². The zero-order chi connectivity index (χ0) is 20.5. The molecule has 4 N–H and O–H groups in total. The highest BCUT2D eigenvalue weighted by atomic mass is 32.2. The van der Waals surface area contributed by atoms with E-state index in [0.717, 1.165) is 31.2 Å². The number of unbranched alkanes of at least 4 members (excludes halogenated alkanes) is 3. The van der Waals surface area contributed by atoms with Gasteiger partial charge >= 0.3 is 5.97 Å². The van der Waals surface area contributed by atoms with E-state index < -0.39 is 24.3 Å². The molecular weight excluding hydrogens is 383 g/mol. The second-order valence-electron chi connectivity index (χ2n) is 7.66. The number of rotatable bonds is 12. The second kappa shape index (κ2) is 11.8. The van der Waals surface area contributed by atoms with Crippen molar-refractivity contribution in [2.24, 2.45) is 5.92 Å². The third-order valence-corrected chi connectivity index (χ3v) is 6.95. The zero-order valence-electron chi connectivity index (χ0n) is 16.0. The van der Waals surface area contributed by atoms with Crippen molar-refractivity contribution in [2.75, 3.05) is 5.75 Å². The molecule has 0 aromatic heterocycles. The summed E-state index contributed by atoms with van der Waals surface area (Å²) in [4.78, 5) is 10.5. The number of thioether (sulfide) groups is 1. The molecule has 1 aliphatic carbocycles. The van der Waals surface area contributed by atoms with Gasteiger partial charge < -0.3 is 20.4 Å². The summed E-state index contributed by atoms with van der Waals surface area (Å²) in [6.07, 6.45) is 3.35. The van der Waals surface area contributed by atoms with Gasteiger partial charge in [-0.3, -0.25) is 4.79 Å². The van der Waals surface area contributed by atoms with E-state index in [-0.39, 0.29) is 23.4 Å². The zero-order valence-corrected chi connectivity index (χ0v) is 16.9. The van der Waals surface area contributed by atoms with Crippen LogP contribution in [0.3, 0.4) is 0 Å². The van der Waals surface area contributed by atoms with Crippen molar-refractivity contribution in [3.63, 3.8) is 0 Å². The molecule has 0 amide bonds. The van der Waals surface area contributed by atoms with E-state index >= 15 is 0 Å². The first-order chi connectivity index (χ1) is 13.4. The summed E-state index contributed by atoms with van der Waals surface area (Å²) in [6.45, 7) is 0. The smallest absolute Gasteiger partial charge is 0.303 e. The van der Waals surface area contributed by atoms with Crippen LogP contribution in [-0.4, -0.2) is 55.7 Å². The van der Waals surface area contributed by atoms with Crippen LogP contribution in [0.25, 0.3) is 0 Å². The Bertz CT molecular complexity index is 597. The molecular formula is C21H31FO5S. The molecule has 0 saturated heterocycles. The SMILES string of the molecule is O=C(O)CCCCCC[C@H]1C(O)CC(O)[C@@H]1SCC(O)Cc1ccc(F)cc1. The monoisotopic (exact) mass is 414 g/mol. The Balaban J connectivity index is 1.74. The van der Waals surface area contributed by atoms with Gasteiger partial charge in [-0.05, 0) is 42.9 Å². The number of carboxylic acid groups (broad SMARTS) is 1. The van der Waals surface area contributed by atoms with E-state index in [4.69, 9.17) is 5.11 Å². The fourth-order valence-electron chi connectivity index (χ4n) is 3.84. The van der Waals surface area contributed by atoms with Crippen LogP contribution in [0.5, 0.6) is 0 Å². The standard InChI is InChI=1S/C21H31FO5S/c22-15-9-7-14(8-10-15)11-16(23)13-28-21-17(18(24)12-19(21)25)5-3-1-2-4-6-20(26)27/h7-10,16-19,21,23-25H,1-6,11-13H2,(H,26,27)/t16?,17-,18?,19?,21+/m0/s1. The third kappa shape index (κ3) is 7.70. The van der Waals surface area contributed by atoms with Gasteiger partial charge in [0.15, 0.2) is 0 Å². The summed E-state index contributed by atoms with van der Waals surface area (Å²) in [5.74, 6) is -0.648. The summed E-state index contributed by atoms with van der Waals surface area (Å²) in [5.41, 5.74) is 0.861. The van der Waals surface area contributed by atoms with E-state index in [0.29, 0.717) is 25.0 Å². The predicted octanol–water partition coefficient (Wildman–Crippen LogP) is 3.00. The molecule has 158 valence electrons. The summed E-state index contributed by atoms with van der Waals surface area (Å²) in [5, 5.41) is 39.4. The van der Waals surface area contributed by atoms with Crippen LogP contribution in [0.2, 0.25) is 0 Å². The first kappa shape index (κ1) is 23.1. The van der Waals surface area contributed by atoms with Crippen LogP contribution < -0.4 is 0 Å².